The molecule has 2 atom stereocenters. The van der Waals surface area contributed by atoms with Gasteiger partial charge < -0.3 is 20.4 Å². The van der Waals surface area contributed by atoms with Crippen molar-refractivity contribution in [3.8, 4) is 0 Å². The summed E-state index contributed by atoms with van der Waals surface area (Å²) in [6.45, 7) is 4.61. The van der Waals surface area contributed by atoms with Gasteiger partial charge in [-0.15, -0.1) is 0 Å². The zero-order valence-electron chi connectivity index (χ0n) is 10.7. The summed E-state index contributed by atoms with van der Waals surface area (Å²) >= 11 is 0. The maximum atomic E-state index is 12.2. The standard InChI is InChI=1S/C12H23N3O3/c16-7-6-14-2-1-3-15(5-4-14)12(18)11-8-10(17)9-13-11/h10-11,13,16-17H,1-9H2. The second kappa shape index (κ2) is 6.47. The Kier molecular flexibility index (Phi) is 4.94. The predicted molar refractivity (Wildman–Crippen MR) is 67.1 cm³/mol. The summed E-state index contributed by atoms with van der Waals surface area (Å²) in [5.41, 5.74) is 0. The molecule has 0 aliphatic carbocycles. The average molecular weight is 257 g/mol. The molecule has 0 saturated carbocycles. The normalized spacial score (nSPS) is 30.4. The van der Waals surface area contributed by atoms with E-state index < -0.39 is 6.10 Å². The van der Waals surface area contributed by atoms with Crippen LogP contribution < -0.4 is 5.32 Å². The third kappa shape index (κ3) is 3.41. The molecule has 2 fully saturated rings. The number of nitrogens with zero attached hydrogens (tertiary/aromatic N) is 2. The Bertz CT molecular complexity index is 288. The fourth-order valence-corrected chi connectivity index (χ4v) is 2.68. The number of hydrogen-bond donors (Lipinski definition) is 3. The summed E-state index contributed by atoms with van der Waals surface area (Å²) in [5, 5.41) is 21.4. The van der Waals surface area contributed by atoms with Gasteiger partial charge in [-0.2, -0.15) is 0 Å². The van der Waals surface area contributed by atoms with E-state index in [4.69, 9.17) is 5.11 Å². The highest BCUT2D eigenvalue weighted by atomic mass is 16.3. The first-order valence-corrected chi connectivity index (χ1v) is 6.74. The Morgan fingerprint density at radius 3 is 2.78 bits per heavy atom. The Morgan fingerprint density at radius 1 is 1.28 bits per heavy atom. The first-order chi connectivity index (χ1) is 8.70. The van der Waals surface area contributed by atoms with Crippen molar-refractivity contribution in [1.82, 2.24) is 15.1 Å². The molecule has 2 aliphatic heterocycles. The zero-order valence-corrected chi connectivity index (χ0v) is 10.7. The molecule has 2 saturated heterocycles. The third-order valence-electron chi connectivity index (χ3n) is 3.72. The van der Waals surface area contributed by atoms with Crippen molar-refractivity contribution >= 4 is 5.91 Å². The molecule has 18 heavy (non-hydrogen) atoms. The van der Waals surface area contributed by atoms with E-state index >= 15 is 0 Å². The topological polar surface area (TPSA) is 76.0 Å². The van der Waals surface area contributed by atoms with Crippen molar-refractivity contribution in [1.29, 1.82) is 0 Å². The quantitative estimate of drug-likeness (QED) is 0.558. The lowest BCUT2D eigenvalue weighted by molar-refractivity contribution is -0.133. The van der Waals surface area contributed by atoms with Gasteiger partial charge >= 0.3 is 0 Å². The van der Waals surface area contributed by atoms with E-state index in [1.807, 2.05) is 4.90 Å². The van der Waals surface area contributed by atoms with Gasteiger partial charge in [0, 0.05) is 32.7 Å². The first-order valence-electron chi connectivity index (χ1n) is 6.74. The lowest BCUT2D eigenvalue weighted by Gasteiger charge is -2.24. The van der Waals surface area contributed by atoms with E-state index in [-0.39, 0.29) is 18.6 Å². The van der Waals surface area contributed by atoms with Crippen LogP contribution in [0.5, 0.6) is 0 Å². The third-order valence-corrected chi connectivity index (χ3v) is 3.72. The Morgan fingerprint density at radius 2 is 2.11 bits per heavy atom. The van der Waals surface area contributed by atoms with Gasteiger partial charge in [-0.25, -0.2) is 0 Å². The average Bonchev–Trinajstić information content (AvgIpc) is 2.65. The highest BCUT2D eigenvalue weighted by Gasteiger charge is 2.31. The van der Waals surface area contributed by atoms with Crippen molar-refractivity contribution in [2.75, 3.05) is 45.9 Å². The van der Waals surface area contributed by atoms with Gasteiger partial charge in [-0.1, -0.05) is 0 Å². The fraction of sp³-hybridized carbons (Fsp3) is 0.917. The number of amides is 1. The number of nitrogens with one attached hydrogen (secondary N) is 1. The van der Waals surface area contributed by atoms with Crippen LogP contribution in [0.1, 0.15) is 12.8 Å². The van der Waals surface area contributed by atoms with Crippen LogP contribution in [0.4, 0.5) is 0 Å². The van der Waals surface area contributed by atoms with Gasteiger partial charge in [0.1, 0.15) is 0 Å². The van der Waals surface area contributed by atoms with E-state index in [9.17, 15) is 9.90 Å². The SMILES string of the molecule is O=C(C1CC(O)CN1)N1CCCN(CCO)CC1. The van der Waals surface area contributed by atoms with Crippen LogP contribution in [-0.2, 0) is 4.79 Å². The van der Waals surface area contributed by atoms with Crippen LogP contribution in [0.25, 0.3) is 0 Å². The number of hydrogen-bond acceptors (Lipinski definition) is 5. The summed E-state index contributed by atoms with van der Waals surface area (Å²) in [4.78, 5) is 16.3. The lowest BCUT2D eigenvalue weighted by atomic mass is 10.2. The Hall–Kier alpha value is -0.690. The van der Waals surface area contributed by atoms with Crippen LogP contribution in [0.2, 0.25) is 0 Å². The molecule has 3 N–H and O–H groups in total. The number of rotatable bonds is 3. The van der Waals surface area contributed by atoms with E-state index in [1.54, 1.807) is 0 Å². The molecule has 0 radical (unpaired) electrons. The van der Waals surface area contributed by atoms with Crippen LogP contribution in [0.3, 0.4) is 0 Å². The maximum Gasteiger partial charge on any atom is 0.239 e. The van der Waals surface area contributed by atoms with E-state index in [2.05, 4.69) is 10.2 Å². The second-order valence-electron chi connectivity index (χ2n) is 5.09. The van der Waals surface area contributed by atoms with Crippen LogP contribution in [-0.4, -0.2) is 83.9 Å². The largest absolute Gasteiger partial charge is 0.395 e. The van der Waals surface area contributed by atoms with Gasteiger partial charge in [0.15, 0.2) is 0 Å². The number of carbonyl (C=O) groups is 1. The molecule has 1 amide bonds. The van der Waals surface area contributed by atoms with E-state index in [0.29, 0.717) is 26.1 Å². The second-order valence-corrected chi connectivity index (χ2v) is 5.09. The molecular formula is C12H23N3O3. The Labute approximate surface area is 108 Å². The maximum absolute atomic E-state index is 12.2. The first kappa shape index (κ1) is 13.7. The Balaban J connectivity index is 1.83. The molecule has 0 aromatic rings. The monoisotopic (exact) mass is 257 g/mol. The molecule has 0 bridgehead atoms. The summed E-state index contributed by atoms with van der Waals surface area (Å²) in [5.74, 6) is 0.109. The molecule has 2 rings (SSSR count). The zero-order chi connectivity index (χ0) is 13.0. The van der Waals surface area contributed by atoms with Crippen LogP contribution >= 0.6 is 0 Å². The molecule has 6 nitrogen and oxygen atoms in total. The fourth-order valence-electron chi connectivity index (χ4n) is 2.68. The minimum absolute atomic E-state index is 0.109. The van der Waals surface area contributed by atoms with E-state index in [0.717, 1.165) is 26.1 Å². The summed E-state index contributed by atoms with van der Waals surface area (Å²) in [6.07, 6.45) is 1.08. The minimum atomic E-state index is -0.392. The molecule has 0 aromatic heterocycles. The van der Waals surface area contributed by atoms with Gasteiger partial charge in [0.25, 0.3) is 0 Å². The van der Waals surface area contributed by atoms with Gasteiger partial charge in [0.05, 0.1) is 18.8 Å². The van der Waals surface area contributed by atoms with Crippen molar-refractivity contribution in [3.05, 3.63) is 0 Å². The molecule has 6 heteroatoms. The van der Waals surface area contributed by atoms with Gasteiger partial charge in [0.2, 0.25) is 5.91 Å². The summed E-state index contributed by atoms with van der Waals surface area (Å²) in [7, 11) is 0. The minimum Gasteiger partial charge on any atom is -0.395 e. The van der Waals surface area contributed by atoms with Gasteiger partial charge in [-0.05, 0) is 19.4 Å². The van der Waals surface area contributed by atoms with Crippen molar-refractivity contribution in [2.45, 2.75) is 25.0 Å². The highest BCUT2D eigenvalue weighted by molar-refractivity contribution is 5.82. The van der Waals surface area contributed by atoms with Crippen molar-refractivity contribution in [3.63, 3.8) is 0 Å². The van der Waals surface area contributed by atoms with Crippen molar-refractivity contribution < 1.29 is 15.0 Å². The van der Waals surface area contributed by atoms with Gasteiger partial charge in [-0.3, -0.25) is 9.69 Å². The summed E-state index contributed by atoms with van der Waals surface area (Å²) in [6, 6.07) is -0.218. The predicted octanol–water partition coefficient (Wildman–Crippen LogP) is -1.76. The number of aliphatic hydroxyl groups is 2. The number of aliphatic hydroxyl groups excluding tert-OH is 2. The molecule has 2 unspecified atom stereocenters. The number of carbonyl (C=O) groups excluding carboxylic acids is 1. The van der Waals surface area contributed by atoms with Crippen LogP contribution in [0.15, 0.2) is 0 Å². The molecule has 104 valence electrons. The van der Waals surface area contributed by atoms with Crippen LogP contribution in [0, 0.1) is 0 Å². The number of β-amino-alcohol motifs (C(OH)–C–C–N with tert-alkyl or cyclic N) is 2. The molecule has 0 spiro atoms. The lowest BCUT2D eigenvalue weighted by Crippen LogP contribution is -2.45. The smallest absolute Gasteiger partial charge is 0.239 e. The summed E-state index contributed by atoms with van der Waals surface area (Å²) < 4.78 is 0. The molecule has 0 aromatic carbocycles. The molecule has 2 aliphatic rings. The van der Waals surface area contributed by atoms with E-state index in [1.165, 1.54) is 0 Å². The van der Waals surface area contributed by atoms with Crippen molar-refractivity contribution in [2.24, 2.45) is 0 Å². The highest BCUT2D eigenvalue weighted by Crippen LogP contribution is 2.11. The molecular weight excluding hydrogens is 234 g/mol. The molecule has 2 heterocycles.